The van der Waals surface area contributed by atoms with E-state index < -0.39 is 23.2 Å². The molecule has 1 amide bonds. The van der Waals surface area contributed by atoms with Gasteiger partial charge in [0.25, 0.3) is 5.91 Å². The van der Waals surface area contributed by atoms with Gasteiger partial charge >= 0.3 is 6.18 Å². The second kappa shape index (κ2) is 8.84. The van der Waals surface area contributed by atoms with Crippen molar-refractivity contribution >= 4 is 22.6 Å². The van der Waals surface area contributed by atoms with Gasteiger partial charge in [-0.05, 0) is 35.9 Å². The van der Waals surface area contributed by atoms with Crippen LogP contribution in [-0.4, -0.2) is 22.6 Å². The van der Waals surface area contributed by atoms with Gasteiger partial charge in [-0.15, -0.1) is 0 Å². The highest BCUT2D eigenvalue weighted by atomic mass is 19.4. The van der Waals surface area contributed by atoms with Crippen LogP contribution in [0, 0.1) is 0 Å². The van der Waals surface area contributed by atoms with Gasteiger partial charge in [0.15, 0.2) is 0 Å². The van der Waals surface area contributed by atoms with Gasteiger partial charge in [-0.1, -0.05) is 42.5 Å². The number of aromatic nitrogens is 2. The van der Waals surface area contributed by atoms with Crippen LogP contribution in [0.25, 0.3) is 11.0 Å². The van der Waals surface area contributed by atoms with Crippen molar-refractivity contribution < 1.29 is 22.7 Å². The zero-order valence-electron chi connectivity index (χ0n) is 17.2. The number of anilines is 1. The molecule has 0 spiro atoms. The molecule has 32 heavy (non-hydrogen) atoms. The summed E-state index contributed by atoms with van der Waals surface area (Å²) in [4.78, 5) is 17.2. The average Bonchev–Trinajstić information content (AvgIpc) is 3.10. The van der Waals surface area contributed by atoms with E-state index in [2.05, 4.69) is 10.3 Å². The lowest BCUT2D eigenvalue weighted by molar-refractivity contribution is -0.137. The fourth-order valence-electron chi connectivity index (χ4n) is 3.56. The molecule has 0 atom stereocenters. The van der Waals surface area contributed by atoms with Crippen molar-refractivity contribution in [3.8, 4) is 0 Å². The van der Waals surface area contributed by atoms with E-state index in [1.54, 1.807) is 25.3 Å². The van der Waals surface area contributed by atoms with Gasteiger partial charge in [0, 0.05) is 19.3 Å². The molecule has 0 radical (unpaired) electrons. The Labute approximate surface area is 182 Å². The van der Waals surface area contributed by atoms with E-state index in [1.165, 1.54) is 12.1 Å². The van der Waals surface area contributed by atoms with Gasteiger partial charge in [0.2, 0.25) is 0 Å². The molecule has 0 bridgehead atoms. The molecule has 1 aromatic heterocycles. The Bertz CT molecular complexity index is 1250. The van der Waals surface area contributed by atoms with Gasteiger partial charge in [0.1, 0.15) is 12.4 Å². The summed E-state index contributed by atoms with van der Waals surface area (Å²) >= 11 is 0. The summed E-state index contributed by atoms with van der Waals surface area (Å²) in [5.41, 5.74) is 1.45. The summed E-state index contributed by atoms with van der Waals surface area (Å²) in [7, 11) is 1.58. The number of ether oxygens (including phenoxy) is 1. The topological polar surface area (TPSA) is 56.1 Å². The number of carbonyl (C=O) groups excluding carboxylic acids is 1. The number of alkyl halides is 3. The molecule has 0 aliphatic rings. The Hall–Kier alpha value is -3.65. The number of methoxy groups -OCH3 is 1. The number of rotatable bonds is 6. The first-order valence-electron chi connectivity index (χ1n) is 9.86. The van der Waals surface area contributed by atoms with E-state index >= 15 is 0 Å². The first-order chi connectivity index (χ1) is 15.4. The molecular weight excluding hydrogens is 419 g/mol. The van der Waals surface area contributed by atoms with Crippen LogP contribution in [0.1, 0.15) is 27.3 Å². The van der Waals surface area contributed by atoms with E-state index in [9.17, 15) is 18.0 Å². The lowest BCUT2D eigenvalue weighted by Crippen LogP contribution is -2.18. The summed E-state index contributed by atoms with van der Waals surface area (Å²) in [5, 5.41) is 2.58. The van der Waals surface area contributed by atoms with E-state index in [0.29, 0.717) is 30.2 Å². The third-order valence-electron chi connectivity index (χ3n) is 5.02. The summed E-state index contributed by atoms with van der Waals surface area (Å²) < 4.78 is 47.1. The van der Waals surface area contributed by atoms with E-state index in [1.807, 2.05) is 34.9 Å². The summed E-state index contributed by atoms with van der Waals surface area (Å²) in [6.07, 6.45) is -4.62. The van der Waals surface area contributed by atoms with Gasteiger partial charge in [-0.25, -0.2) is 4.98 Å². The molecule has 8 heteroatoms. The molecule has 0 unspecified atom stereocenters. The molecule has 4 rings (SSSR count). The normalized spacial score (nSPS) is 11.6. The largest absolute Gasteiger partial charge is 0.417 e. The number of amides is 1. The molecular formula is C24H20F3N3O2. The number of hydrogen-bond donors (Lipinski definition) is 1. The van der Waals surface area contributed by atoms with Crippen LogP contribution in [0.2, 0.25) is 0 Å². The Kier molecular flexibility index (Phi) is 5.96. The summed E-state index contributed by atoms with van der Waals surface area (Å²) in [6.45, 7) is 0.826. The maximum absolute atomic E-state index is 13.3. The van der Waals surface area contributed by atoms with Crippen LogP contribution in [0.3, 0.4) is 0 Å². The van der Waals surface area contributed by atoms with Crippen LogP contribution in [0.4, 0.5) is 18.9 Å². The quantitative estimate of drug-likeness (QED) is 0.432. The van der Waals surface area contributed by atoms with Gasteiger partial charge in [-0.3, -0.25) is 4.79 Å². The van der Waals surface area contributed by atoms with Crippen molar-refractivity contribution in [3.05, 3.63) is 95.3 Å². The van der Waals surface area contributed by atoms with Gasteiger partial charge in [0.05, 0.1) is 22.2 Å². The molecule has 0 saturated carbocycles. The predicted octanol–water partition coefficient (Wildman–Crippen LogP) is 5.50. The molecule has 1 N–H and O–H groups in total. The fraction of sp³-hybridized carbons (Fsp3) is 0.167. The molecule has 0 fully saturated rings. The number of hydrogen-bond acceptors (Lipinski definition) is 3. The first kappa shape index (κ1) is 21.6. The summed E-state index contributed by atoms with van der Waals surface area (Å²) in [6, 6.07) is 19.5. The molecule has 1 heterocycles. The monoisotopic (exact) mass is 439 g/mol. The van der Waals surface area contributed by atoms with Crippen molar-refractivity contribution in [1.82, 2.24) is 9.55 Å². The molecule has 5 nitrogen and oxygen atoms in total. The minimum Gasteiger partial charge on any atom is -0.377 e. The molecule has 164 valence electrons. The van der Waals surface area contributed by atoms with Gasteiger partial charge in [-0.2, -0.15) is 13.2 Å². The molecule has 0 aliphatic heterocycles. The Balaban J connectivity index is 1.69. The highest BCUT2D eigenvalue weighted by Crippen LogP contribution is 2.32. The number of fused-ring (bicyclic) bond motifs is 1. The zero-order chi connectivity index (χ0) is 22.7. The zero-order valence-corrected chi connectivity index (χ0v) is 17.2. The van der Waals surface area contributed by atoms with Crippen LogP contribution < -0.4 is 5.32 Å². The third-order valence-corrected chi connectivity index (χ3v) is 5.02. The Morgan fingerprint density at radius 2 is 1.75 bits per heavy atom. The van der Waals surface area contributed by atoms with Crippen molar-refractivity contribution in [2.45, 2.75) is 19.3 Å². The highest BCUT2D eigenvalue weighted by molar-refractivity contribution is 6.06. The lowest BCUT2D eigenvalue weighted by atomic mass is 10.1. The average molecular weight is 439 g/mol. The third kappa shape index (κ3) is 4.50. The molecule has 0 saturated heterocycles. The van der Waals surface area contributed by atoms with E-state index in [4.69, 9.17) is 4.74 Å². The molecule has 0 aliphatic carbocycles. The maximum Gasteiger partial charge on any atom is 0.417 e. The number of benzene rings is 3. The van der Waals surface area contributed by atoms with Gasteiger partial charge < -0.3 is 14.6 Å². The molecule has 3 aromatic carbocycles. The van der Waals surface area contributed by atoms with Crippen LogP contribution in [0.5, 0.6) is 0 Å². The Morgan fingerprint density at radius 3 is 2.47 bits per heavy atom. The number of carbonyl (C=O) groups is 1. The lowest BCUT2D eigenvalue weighted by Gasteiger charge is -2.13. The Morgan fingerprint density at radius 1 is 1.03 bits per heavy atom. The maximum atomic E-state index is 13.3. The summed E-state index contributed by atoms with van der Waals surface area (Å²) in [5.74, 6) is -0.124. The van der Waals surface area contributed by atoms with Crippen molar-refractivity contribution in [3.63, 3.8) is 0 Å². The smallest absolute Gasteiger partial charge is 0.377 e. The van der Waals surface area contributed by atoms with Crippen molar-refractivity contribution in [1.29, 1.82) is 0 Å². The minimum absolute atomic E-state index is 0.294. The first-order valence-corrected chi connectivity index (χ1v) is 9.86. The second-order valence-corrected chi connectivity index (χ2v) is 7.23. The van der Waals surface area contributed by atoms with Crippen LogP contribution in [0.15, 0.2) is 72.8 Å². The van der Waals surface area contributed by atoms with Crippen LogP contribution in [-0.2, 0) is 24.1 Å². The minimum atomic E-state index is -4.62. The van der Waals surface area contributed by atoms with E-state index in [0.717, 1.165) is 23.2 Å². The highest BCUT2D eigenvalue weighted by Gasteiger charge is 2.34. The van der Waals surface area contributed by atoms with E-state index in [-0.39, 0.29) is 0 Å². The molecule has 4 aromatic rings. The number of nitrogens with zero attached hydrogens (tertiary/aromatic N) is 2. The second-order valence-electron chi connectivity index (χ2n) is 7.23. The fourth-order valence-corrected chi connectivity index (χ4v) is 3.56. The van der Waals surface area contributed by atoms with Crippen molar-refractivity contribution in [2.75, 3.05) is 12.4 Å². The predicted molar refractivity (Wildman–Crippen MR) is 115 cm³/mol. The SMILES string of the molecule is COCc1nc2ccc(NC(=O)c3ccccc3C(F)(F)F)cc2n1Cc1ccccc1. The standard InChI is InChI=1S/C24H20F3N3O2/c1-32-15-22-29-20-12-11-17(13-21(20)30(22)14-16-7-3-2-4-8-16)28-23(31)18-9-5-6-10-19(18)24(25,26)27/h2-13H,14-15H2,1H3,(H,28,31). The number of nitrogens with one attached hydrogen (secondary N) is 1. The number of imidazole rings is 1. The van der Waals surface area contributed by atoms with Crippen molar-refractivity contribution in [2.24, 2.45) is 0 Å². The number of halogens is 3. The van der Waals surface area contributed by atoms with Crippen LogP contribution >= 0.6 is 0 Å².